The molecular formula is C27H26N6O4. The van der Waals surface area contributed by atoms with Gasteiger partial charge in [0.05, 0.1) is 44.4 Å². The number of rotatable bonds is 7. The minimum atomic E-state index is -0.672. The van der Waals surface area contributed by atoms with Crippen LogP contribution in [0.2, 0.25) is 0 Å². The summed E-state index contributed by atoms with van der Waals surface area (Å²) >= 11 is 0. The molecule has 0 fully saturated rings. The Hall–Kier alpha value is -4.86. The fraction of sp³-hybridized carbons (Fsp3) is 0.185. The molecule has 2 aromatic heterocycles. The number of methoxy groups -OCH3 is 3. The third-order valence-electron chi connectivity index (χ3n) is 6.09. The smallest absolute Gasteiger partial charge is 0.255 e. The van der Waals surface area contributed by atoms with Gasteiger partial charge in [-0.25, -0.2) is 4.68 Å². The van der Waals surface area contributed by atoms with Crippen molar-refractivity contribution in [1.29, 1.82) is 0 Å². The number of aromatic nitrogens is 4. The van der Waals surface area contributed by atoms with Crippen molar-refractivity contribution in [1.82, 2.24) is 19.7 Å². The van der Waals surface area contributed by atoms with Gasteiger partial charge < -0.3 is 24.8 Å². The SMILES string of the molecule is COc1ccccc1-c1nc2n(n1)C(c1cccc(OC)c1OC)C(C(=O)Nc1cccnc1)=C(C)N2. The molecule has 1 aliphatic rings. The minimum absolute atomic E-state index is 0.312. The Morgan fingerprint density at radius 1 is 0.973 bits per heavy atom. The van der Waals surface area contributed by atoms with Gasteiger partial charge >= 0.3 is 0 Å². The normalized spacial score (nSPS) is 14.4. The monoisotopic (exact) mass is 498 g/mol. The lowest BCUT2D eigenvalue weighted by Crippen LogP contribution is -2.31. The molecule has 4 aromatic rings. The van der Waals surface area contributed by atoms with Gasteiger partial charge in [-0.15, -0.1) is 5.10 Å². The summed E-state index contributed by atoms with van der Waals surface area (Å²) in [7, 11) is 4.74. The van der Waals surface area contributed by atoms with Crippen molar-refractivity contribution in [2.24, 2.45) is 0 Å². The van der Waals surface area contributed by atoms with Crippen LogP contribution in [0.1, 0.15) is 18.5 Å². The van der Waals surface area contributed by atoms with Gasteiger partial charge in [0, 0.05) is 17.5 Å². The fourth-order valence-corrected chi connectivity index (χ4v) is 4.44. The summed E-state index contributed by atoms with van der Waals surface area (Å²) in [4.78, 5) is 22.6. The van der Waals surface area contributed by atoms with Crippen LogP contribution >= 0.6 is 0 Å². The molecule has 1 unspecified atom stereocenters. The van der Waals surface area contributed by atoms with Crippen molar-refractivity contribution in [3.63, 3.8) is 0 Å². The predicted octanol–water partition coefficient (Wildman–Crippen LogP) is 4.29. The zero-order valence-electron chi connectivity index (χ0n) is 20.9. The van der Waals surface area contributed by atoms with E-state index in [1.54, 1.807) is 56.6 Å². The Morgan fingerprint density at radius 2 is 1.76 bits per heavy atom. The molecule has 2 aromatic carbocycles. The van der Waals surface area contributed by atoms with E-state index in [0.29, 0.717) is 51.5 Å². The average Bonchev–Trinajstić information content (AvgIpc) is 3.35. The predicted molar refractivity (Wildman–Crippen MR) is 139 cm³/mol. The molecule has 0 saturated heterocycles. The number of nitrogens with zero attached hydrogens (tertiary/aromatic N) is 4. The van der Waals surface area contributed by atoms with Crippen molar-refractivity contribution in [3.8, 4) is 28.6 Å². The third-order valence-corrected chi connectivity index (χ3v) is 6.09. The lowest BCUT2D eigenvalue weighted by Gasteiger charge is -2.29. The number of carbonyl (C=O) groups is 1. The highest BCUT2D eigenvalue weighted by Gasteiger charge is 2.37. The maximum atomic E-state index is 13.7. The Labute approximate surface area is 213 Å². The van der Waals surface area contributed by atoms with Crippen molar-refractivity contribution in [3.05, 3.63) is 83.8 Å². The van der Waals surface area contributed by atoms with Crippen molar-refractivity contribution >= 4 is 17.5 Å². The van der Waals surface area contributed by atoms with Gasteiger partial charge in [-0.1, -0.05) is 24.3 Å². The number of para-hydroxylation sites is 2. The molecule has 10 nitrogen and oxygen atoms in total. The average molecular weight is 499 g/mol. The molecule has 1 aliphatic heterocycles. The maximum absolute atomic E-state index is 13.7. The molecule has 0 saturated carbocycles. The van der Waals surface area contributed by atoms with Crippen molar-refractivity contribution in [2.75, 3.05) is 32.0 Å². The van der Waals surface area contributed by atoms with E-state index in [9.17, 15) is 4.79 Å². The van der Waals surface area contributed by atoms with Gasteiger partial charge in [-0.05, 0) is 37.3 Å². The Kier molecular flexibility index (Phi) is 6.46. The highest BCUT2D eigenvalue weighted by atomic mass is 16.5. The molecule has 1 amide bonds. The molecule has 5 rings (SSSR count). The Balaban J connectivity index is 1.68. The highest BCUT2D eigenvalue weighted by Crippen LogP contribution is 2.43. The minimum Gasteiger partial charge on any atom is -0.496 e. The first-order chi connectivity index (χ1) is 18.0. The first kappa shape index (κ1) is 23.9. The Bertz CT molecular complexity index is 1480. The number of allylic oxidation sites excluding steroid dienone is 1. The number of carbonyl (C=O) groups excluding carboxylic acids is 1. The number of hydrogen-bond donors (Lipinski definition) is 2. The molecule has 0 radical (unpaired) electrons. The number of ether oxygens (including phenoxy) is 3. The number of fused-ring (bicyclic) bond motifs is 1. The van der Waals surface area contributed by atoms with Crippen LogP contribution in [0.25, 0.3) is 11.4 Å². The van der Waals surface area contributed by atoms with E-state index >= 15 is 0 Å². The second-order valence-corrected chi connectivity index (χ2v) is 8.25. The molecule has 10 heteroatoms. The number of benzene rings is 2. The number of amides is 1. The van der Waals surface area contributed by atoms with Crippen LogP contribution in [0.4, 0.5) is 11.6 Å². The third kappa shape index (κ3) is 4.33. The zero-order valence-corrected chi connectivity index (χ0v) is 20.9. The van der Waals surface area contributed by atoms with Gasteiger partial charge in [0.2, 0.25) is 5.95 Å². The van der Waals surface area contributed by atoms with Gasteiger partial charge in [0.25, 0.3) is 5.91 Å². The van der Waals surface area contributed by atoms with Gasteiger partial charge in [-0.2, -0.15) is 4.98 Å². The van der Waals surface area contributed by atoms with E-state index in [4.69, 9.17) is 24.3 Å². The van der Waals surface area contributed by atoms with Crippen LogP contribution in [-0.4, -0.2) is 47.0 Å². The van der Waals surface area contributed by atoms with Gasteiger partial charge in [0.1, 0.15) is 11.8 Å². The van der Waals surface area contributed by atoms with Crippen LogP contribution in [0.5, 0.6) is 17.2 Å². The molecule has 3 heterocycles. The lowest BCUT2D eigenvalue weighted by molar-refractivity contribution is -0.113. The summed E-state index contributed by atoms with van der Waals surface area (Å²) in [6.07, 6.45) is 3.24. The van der Waals surface area contributed by atoms with Crippen LogP contribution in [0, 0.1) is 0 Å². The zero-order chi connectivity index (χ0) is 25.9. The summed E-state index contributed by atoms with van der Waals surface area (Å²) in [6, 6.07) is 15.9. The number of hydrogen-bond acceptors (Lipinski definition) is 8. The second-order valence-electron chi connectivity index (χ2n) is 8.25. The molecule has 0 aliphatic carbocycles. The molecule has 0 bridgehead atoms. The number of pyridine rings is 1. The van der Waals surface area contributed by atoms with Gasteiger partial charge in [-0.3, -0.25) is 9.78 Å². The van der Waals surface area contributed by atoms with Crippen LogP contribution in [-0.2, 0) is 4.79 Å². The summed E-state index contributed by atoms with van der Waals surface area (Å²) in [5, 5.41) is 11.0. The molecule has 0 spiro atoms. The molecule has 2 N–H and O–H groups in total. The summed E-state index contributed by atoms with van der Waals surface area (Å²) in [5.41, 5.74) is 3.06. The van der Waals surface area contributed by atoms with E-state index in [2.05, 4.69) is 15.6 Å². The van der Waals surface area contributed by atoms with Crippen LogP contribution < -0.4 is 24.8 Å². The largest absolute Gasteiger partial charge is 0.496 e. The fourth-order valence-electron chi connectivity index (χ4n) is 4.44. The quantitative estimate of drug-likeness (QED) is 0.388. The van der Waals surface area contributed by atoms with Crippen LogP contribution in [0.15, 0.2) is 78.3 Å². The number of nitrogens with one attached hydrogen (secondary N) is 2. The van der Waals surface area contributed by atoms with Gasteiger partial charge in [0.15, 0.2) is 17.3 Å². The highest BCUT2D eigenvalue weighted by molar-refractivity contribution is 6.06. The summed E-state index contributed by atoms with van der Waals surface area (Å²) in [5.74, 6) is 2.29. The van der Waals surface area contributed by atoms with E-state index in [1.807, 2.05) is 43.3 Å². The van der Waals surface area contributed by atoms with E-state index in [0.717, 1.165) is 5.56 Å². The van der Waals surface area contributed by atoms with E-state index < -0.39 is 6.04 Å². The number of anilines is 2. The van der Waals surface area contributed by atoms with E-state index in [1.165, 1.54) is 0 Å². The van der Waals surface area contributed by atoms with Crippen LogP contribution in [0.3, 0.4) is 0 Å². The summed E-state index contributed by atoms with van der Waals surface area (Å²) < 4.78 is 18.5. The standard InChI is InChI=1S/C27H26N6O4/c1-16-22(26(34)30-17-9-8-14-28-15-17)23(19-11-7-13-21(36-3)24(19)37-4)33-27(29-16)31-25(32-33)18-10-5-6-12-20(18)35-2/h5-15,23H,1-4H3,(H,30,34)(H,29,31,32). The topological polar surface area (TPSA) is 112 Å². The summed E-state index contributed by atoms with van der Waals surface area (Å²) in [6.45, 7) is 1.83. The lowest BCUT2D eigenvalue weighted by atomic mass is 9.94. The van der Waals surface area contributed by atoms with Crippen molar-refractivity contribution in [2.45, 2.75) is 13.0 Å². The first-order valence-electron chi connectivity index (χ1n) is 11.6. The Morgan fingerprint density at radius 3 is 2.49 bits per heavy atom. The molecule has 188 valence electrons. The maximum Gasteiger partial charge on any atom is 0.255 e. The van der Waals surface area contributed by atoms with E-state index in [-0.39, 0.29) is 5.91 Å². The second kappa shape index (κ2) is 10.0. The molecular weight excluding hydrogens is 472 g/mol. The molecule has 37 heavy (non-hydrogen) atoms. The molecule has 1 atom stereocenters. The first-order valence-corrected chi connectivity index (χ1v) is 11.6. The van der Waals surface area contributed by atoms with Crippen molar-refractivity contribution < 1.29 is 19.0 Å².